The molecular weight excluding hydrogens is 280 g/mol. The van der Waals surface area contributed by atoms with E-state index in [0.29, 0.717) is 12.8 Å². The molecule has 2 heterocycles. The first-order chi connectivity index (χ1) is 9.76. The van der Waals surface area contributed by atoms with Gasteiger partial charge in [0.1, 0.15) is 17.8 Å². The quantitative estimate of drug-likeness (QED) is 0.662. The summed E-state index contributed by atoms with van der Waals surface area (Å²) in [6, 6.07) is 0. The number of aliphatic hydroxyl groups is 2. The molecule has 2 saturated heterocycles. The van der Waals surface area contributed by atoms with Gasteiger partial charge < -0.3 is 29.2 Å². The number of aliphatic hydroxyl groups excluding tert-OH is 1. The van der Waals surface area contributed by atoms with Gasteiger partial charge in [-0.1, -0.05) is 6.42 Å². The minimum absolute atomic E-state index is 0.278. The van der Waals surface area contributed by atoms with Crippen molar-refractivity contribution < 1.29 is 34.0 Å². The Labute approximate surface area is 123 Å². The van der Waals surface area contributed by atoms with Crippen molar-refractivity contribution in [3.05, 3.63) is 0 Å². The Bertz CT molecular complexity index is 451. The lowest BCUT2D eigenvalue weighted by Gasteiger charge is -2.55. The van der Waals surface area contributed by atoms with E-state index in [-0.39, 0.29) is 6.42 Å². The maximum Gasteiger partial charge on any atom is 0.341 e. The first kappa shape index (κ1) is 15.2. The molecule has 0 aromatic carbocycles. The molecule has 120 valence electrons. The van der Waals surface area contributed by atoms with Crippen molar-refractivity contribution in [2.45, 2.75) is 75.0 Å². The summed E-state index contributed by atoms with van der Waals surface area (Å²) in [5, 5.41) is 21.4. The molecule has 0 aromatic rings. The molecule has 0 amide bonds. The van der Waals surface area contributed by atoms with E-state index in [1.165, 1.54) is 7.11 Å². The molecule has 3 fully saturated rings. The van der Waals surface area contributed by atoms with Crippen LogP contribution in [0.3, 0.4) is 0 Å². The van der Waals surface area contributed by atoms with Gasteiger partial charge in [-0.25, -0.2) is 4.79 Å². The molecule has 0 aromatic heterocycles. The zero-order chi connectivity index (χ0) is 15.5. The number of carbonyl (C=O) groups is 1. The average Bonchev–Trinajstić information content (AvgIpc) is 2.76. The van der Waals surface area contributed by atoms with Gasteiger partial charge in [0.05, 0.1) is 7.11 Å². The predicted octanol–water partition coefficient (Wildman–Crippen LogP) is 0.0720. The van der Waals surface area contributed by atoms with E-state index in [0.717, 1.165) is 6.42 Å². The van der Waals surface area contributed by atoms with Crippen LogP contribution in [0.5, 0.6) is 0 Å². The zero-order valence-electron chi connectivity index (χ0n) is 12.5. The normalized spacial score (nSPS) is 48.3. The lowest BCUT2D eigenvalue weighted by atomic mass is 9.65. The van der Waals surface area contributed by atoms with Gasteiger partial charge >= 0.3 is 5.97 Å². The minimum atomic E-state index is -1.61. The number of fused-ring (bicyclic) bond motifs is 3. The van der Waals surface area contributed by atoms with Gasteiger partial charge in [0.2, 0.25) is 0 Å². The van der Waals surface area contributed by atoms with Gasteiger partial charge in [-0.2, -0.15) is 0 Å². The molecule has 0 spiro atoms. The van der Waals surface area contributed by atoms with Crippen LogP contribution in [0.25, 0.3) is 0 Å². The highest BCUT2D eigenvalue weighted by atomic mass is 16.8. The van der Waals surface area contributed by atoms with Crippen LogP contribution in [0, 0.1) is 0 Å². The Morgan fingerprint density at radius 2 is 1.86 bits per heavy atom. The molecule has 5 atom stereocenters. The summed E-state index contributed by atoms with van der Waals surface area (Å²) in [7, 11) is 1.24. The van der Waals surface area contributed by atoms with Crippen LogP contribution < -0.4 is 0 Å². The van der Waals surface area contributed by atoms with E-state index in [4.69, 9.17) is 18.9 Å². The van der Waals surface area contributed by atoms with Crippen LogP contribution in [-0.4, -0.2) is 58.8 Å². The second kappa shape index (κ2) is 4.63. The monoisotopic (exact) mass is 302 g/mol. The lowest BCUT2D eigenvalue weighted by molar-refractivity contribution is -0.337. The molecule has 1 aliphatic carbocycles. The van der Waals surface area contributed by atoms with Crippen LogP contribution in [0.15, 0.2) is 0 Å². The standard InChI is InChI=1S/C14H22O7/c1-12(2)19-8-9(20-12)13(17)6-4-5-7-14(13,11(16)18-3)21-10(8)15/h8-10,15,17H,4-7H2,1-3H3/t8-,9+,10-,13-,14-/m1/s1. The van der Waals surface area contributed by atoms with Gasteiger partial charge in [0, 0.05) is 0 Å². The number of methoxy groups -OCH3 is 1. The van der Waals surface area contributed by atoms with Gasteiger partial charge in [-0.15, -0.1) is 0 Å². The summed E-state index contributed by atoms with van der Waals surface area (Å²) >= 11 is 0. The van der Waals surface area contributed by atoms with E-state index in [1.807, 2.05) is 0 Å². The fourth-order valence-corrected chi connectivity index (χ4v) is 3.85. The number of esters is 1. The minimum Gasteiger partial charge on any atom is -0.467 e. The lowest BCUT2D eigenvalue weighted by Crippen LogP contribution is -2.75. The third-order valence-corrected chi connectivity index (χ3v) is 4.75. The summed E-state index contributed by atoms with van der Waals surface area (Å²) in [6.07, 6.45) is -0.978. The molecule has 0 bridgehead atoms. The molecule has 2 N–H and O–H groups in total. The number of rotatable bonds is 1. The third-order valence-electron chi connectivity index (χ3n) is 4.75. The second-order valence-electron chi connectivity index (χ2n) is 6.48. The second-order valence-corrected chi connectivity index (χ2v) is 6.48. The van der Waals surface area contributed by atoms with E-state index >= 15 is 0 Å². The summed E-state index contributed by atoms with van der Waals surface area (Å²) in [4.78, 5) is 12.3. The number of carbonyl (C=O) groups excluding carboxylic acids is 1. The van der Waals surface area contributed by atoms with Gasteiger partial charge in [-0.05, 0) is 33.1 Å². The van der Waals surface area contributed by atoms with Gasteiger partial charge in [0.15, 0.2) is 17.7 Å². The van der Waals surface area contributed by atoms with E-state index in [2.05, 4.69) is 0 Å². The van der Waals surface area contributed by atoms with E-state index in [1.54, 1.807) is 13.8 Å². The fourth-order valence-electron chi connectivity index (χ4n) is 3.85. The van der Waals surface area contributed by atoms with E-state index in [9.17, 15) is 15.0 Å². The number of hydrogen-bond acceptors (Lipinski definition) is 7. The molecule has 3 aliphatic rings. The molecule has 7 nitrogen and oxygen atoms in total. The SMILES string of the molecule is COC(=O)[C@]12CCCC[C@@]1(O)[C@H]1OC(C)(C)O[C@H]1[C@H](O)O2. The first-order valence-corrected chi connectivity index (χ1v) is 7.28. The Kier molecular flexibility index (Phi) is 3.35. The zero-order valence-corrected chi connectivity index (χ0v) is 12.5. The molecule has 7 heteroatoms. The molecular formula is C14H22O7. The molecule has 1 saturated carbocycles. The summed E-state index contributed by atoms with van der Waals surface area (Å²) in [6.45, 7) is 3.40. The van der Waals surface area contributed by atoms with E-state index < -0.39 is 41.5 Å². The first-order valence-electron chi connectivity index (χ1n) is 7.28. The molecule has 0 radical (unpaired) electrons. The van der Waals surface area contributed by atoms with Crippen molar-refractivity contribution in [3.63, 3.8) is 0 Å². The van der Waals surface area contributed by atoms with Crippen molar-refractivity contribution >= 4 is 5.97 Å². The Morgan fingerprint density at radius 3 is 2.52 bits per heavy atom. The van der Waals surface area contributed by atoms with Crippen LogP contribution in [-0.2, 0) is 23.7 Å². The van der Waals surface area contributed by atoms with Crippen molar-refractivity contribution in [2.24, 2.45) is 0 Å². The van der Waals surface area contributed by atoms with Crippen molar-refractivity contribution in [2.75, 3.05) is 7.11 Å². The third kappa shape index (κ3) is 1.95. The highest BCUT2D eigenvalue weighted by Gasteiger charge is 2.72. The predicted molar refractivity (Wildman–Crippen MR) is 69.1 cm³/mol. The number of ether oxygens (including phenoxy) is 4. The molecule has 0 unspecified atom stereocenters. The Balaban J connectivity index is 2.06. The van der Waals surface area contributed by atoms with Crippen molar-refractivity contribution in [1.29, 1.82) is 0 Å². The molecule has 21 heavy (non-hydrogen) atoms. The van der Waals surface area contributed by atoms with Crippen LogP contribution in [0.1, 0.15) is 39.5 Å². The average molecular weight is 302 g/mol. The van der Waals surface area contributed by atoms with Crippen LogP contribution in [0.4, 0.5) is 0 Å². The largest absolute Gasteiger partial charge is 0.467 e. The highest BCUT2D eigenvalue weighted by Crippen LogP contribution is 2.52. The van der Waals surface area contributed by atoms with Crippen LogP contribution in [0.2, 0.25) is 0 Å². The molecule has 2 aliphatic heterocycles. The molecule has 3 rings (SSSR count). The maximum atomic E-state index is 12.3. The fraction of sp³-hybridized carbons (Fsp3) is 0.929. The van der Waals surface area contributed by atoms with Crippen LogP contribution >= 0.6 is 0 Å². The highest BCUT2D eigenvalue weighted by molar-refractivity contribution is 5.82. The van der Waals surface area contributed by atoms with Crippen molar-refractivity contribution in [3.8, 4) is 0 Å². The Hall–Kier alpha value is -0.730. The summed E-state index contributed by atoms with van der Waals surface area (Å²) in [5.41, 5.74) is -3.18. The Morgan fingerprint density at radius 1 is 1.19 bits per heavy atom. The maximum absolute atomic E-state index is 12.3. The summed E-state index contributed by atoms with van der Waals surface area (Å²) < 4.78 is 21.8. The number of hydrogen-bond donors (Lipinski definition) is 2. The smallest absolute Gasteiger partial charge is 0.341 e. The van der Waals surface area contributed by atoms with Crippen molar-refractivity contribution in [1.82, 2.24) is 0 Å². The topological polar surface area (TPSA) is 94.5 Å². The summed E-state index contributed by atoms with van der Waals surface area (Å²) in [5.74, 6) is -1.64. The van der Waals surface area contributed by atoms with Gasteiger partial charge in [-0.3, -0.25) is 0 Å². The van der Waals surface area contributed by atoms with Gasteiger partial charge in [0.25, 0.3) is 0 Å².